The molecule has 17 heavy (non-hydrogen) atoms. The van der Waals surface area contributed by atoms with E-state index in [0.717, 1.165) is 0 Å². The monoisotopic (exact) mass is 255 g/mol. The minimum atomic E-state index is 0.106. The van der Waals surface area contributed by atoms with Crippen LogP contribution >= 0.6 is 11.6 Å². The van der Waals surface area contributed by atoms with Gasteiger partial charge in [0.05, 0.1) is 18.8 Å². The summed E-state index contributed by atoms with van der Waals surface area (Å²) in [5.41, 5.74) is 6.68. The molecule has 0 aliphatic carbocycles. The van der Waals surface area contributed by atoms with E-state index in [4.69, 9.17) is 27.5 Å². The van der Waals surface area contributed by atoms with E-state index in [1.807, 2.05) is 4.90 Å². The molecule has 0 amide bonds. The number of aromatic nitrogens is 2. The number of nitrogens with zero attached hydrogens (tertiary/aromatic N) is 3. The zero-order valence-corrected chi connectivity index (χ0v) is 10.3. The van der Waals surface area contributed by atoms with E-state index in [9.17, 15) is 0 Å². The lowest BCUT2D eigenvalue weighted by atomic mass is 10.1. The highest BCUT2D eigenvalue weighted by atomic mass is 35.5. The number of morpholine rings is 1. The summed E-state index contributed by atoms with van der Waals surface area (Å²) in [4.78, 5) is 10.1. The number of rotatable bonds is 2. The molecular weight excluding hydrogens is 242 g/mol. The van der Waals surface area contributed by atoms with Crippen molar-refractivity contribution in [1.82, 2.24) is 9.97 Å². The summed E-state index contributed by atoms with van der Waals surface area (Å²) in [5.74, 6) is 0.872. The first kappa shape index (κ1) is 12.1. The minimum absolute atomic E-state index is 0.106. The predicted octanol–water partition coefficient (Wildman–Crippen LogP) is 0.937. The van der Waals surface area contributed by atoms with Gasteiger partial charge in [0, 0.05) is 18.8 Å². The van der Waals surface area contributed by atoms with E-state index >= 15 is 0 Å². The van der Waals surface area contributed by atoms with Crippen LogP contribution in [-0.4, -0.2) is 42.0 Å². The maximum atomic E-state index is 7.75. The number of halogens is 1. The molecule has 1 aromatic heterocycles. The molecule has 6 nitrogen and oxygen atoms in total. The first-order valence-corrected chi connectivity index (χ1v) is 5.68. The highest BCUT2D eigenvalue weighted by Gasteiger charge is 2.21. The van der Waals surface area contributed by atoms with Crippen LogP contribution in [0, 0.1) is 5.41 Å². The molecule has 2 heterocycles. The maximum absolute atomic E-state index is 7.75. The van der Waals surface area contributed by atoms with Gasteiger partial charge in [-0.1, -0.05) is 0 Å². The number of hydrogen-bond acceptors (Lipinski definition) is 6. The summed E-state index contributed by atoms with van der Waals surface area (Å²) in [5, 5.41) is 7.85. The van der Waals surface area contributed by atoms with E-state index in [-0.39, 0.29) is 11.1 Å². The van der Waals surface area contributed by atoms with Crippen molar-refractivity contribution in [2.45, 2.75) is 6.92 Å². The second-order valence-corrected chi connectivity index (χ2v) is 4.14. The second-order valence-electron chi connectivity index (χ2n) is 3.80. The van der Waals surface area contributed by atoms with Crippen molar-refractivity contribution >= 4 is 28.9 Å². The van der Waals surface area contributed by atoms with Gasteiger partial charge >= 0.3 is 0 Å². The van der Waals surface area contributed by atoms with Crippen molar-refractivity contribution in [3.05, 3.63) is 10.8 Å². The van der Waals surface area contributed by atoms with Gasteiger partial charge in [-0.15, -0.1) is 0 Å². The quantitative estimate of drug-likeness (QED) is 0.606. The Morgan fingerprint density at radius 2 is 2.06 bits per heavy atom. The van der Waals surface area contributed by atoms with Crippen LogP contribution in [0.15, 0.2) is 0 Å². The van der Waals surface area contributed by atoms with Gasteiger partial charge in [-0.2, -0.15) is 4.98 Å². The zero-order valence-electron chi connectivity index (χ0n) is 9.53. The van der Waals surface area contributed by atoms with E-state index in [2.05, 4.69) is 9.97 Å². The summed E-state index contributed by atoms with van der Waals surface area (Å²) in [6, 6.07) is 0. The summed E-state index contributed by atoms with van der Waals surface area (Å²) in [6.45, 7) is 4.36. The normalized spacial score (nSPS) is 16.0. The van der Waals surface area contributed by atoms with Crippen molar-refractivity contribution in [1.29, 1.82) is 5.41 Å². The van der Waals surface area contributed by atoms with Crippen LogP contribution in [-0.2, 0) is 4.74 Å². The molecular formula is C10H14ClN5O. The minimum Gasteiger partial charge on any atom is -0.383 e. The summed E-state index contributed by atoms with van der Waals surface area (Å²) < 4.78 is 5.28. The maximum Gasteiger partial charge on any atom is 0.226 e. The molecule has 1 saturated heterocycles. The summed E-state index contributed by atoms with van der Waals surface area (Å²) >= 11 is 5.82. The molecule has 1 aliphatic rings. The molecule has 0 unspecified atom stereocenters. The van der Waals surface area contributed by atoms with Gasteiger partial charge in [-0.05, 0) is 18.5 Å². The van der Waals surface area contributed by atoms with Gasteiger partial charge in [0.1, 0.15) is 11.6 Å². The number of nitrogens with one attached hydrogen (secondary N) is 1. The molecule has 0 atom stereocenters. The number of anilines is 2. The van der Waals surface area contributed by atoms with Crippen LogP contribution in [0.1, 0.15) is 12.5 Å². The Morgan fingerprint density at radius 3 is 2.65 bits per heavy atom. The Bertz CT molecular complexity index is 445. The highest BCUT2D eigenvalue weighted by Crippen LogP contribution is 2.25. The van der Waals surface area contributed by atoms with E-state index in [1.165, 1.54) is 0 Å². The fraction of sp³-hybridized carbons (Fsp3) is 0.500. The van der Waals surface area contributed by atoms with Gasteiger partial charge < -0.3 is 20.8 Å². The molecule has 0 saturated carbocycles. The van der Waals surface area contributed by atoms with Crippen molar-refractivity contribution in [3.8, 4) is 0 Å². The molecule has 1 fully saturated rings. The van der Waals surface area contributed by atoms with Crippen LogP contribution in [0.2, 0.25) is 5.28 Å². The average molecular weight is 256 g/mol. The van der Waals surface area contributed by atoms with E-state index in [1.54, 1.807) is 6.92 Å². The average Bonchev–Trinajstić information content (AvgIpc) is 2.28. The largest absolute Gasteiger partial charge is 0.383 e. The molecule has 2 rings (SSSR count). The van der Waals surface area contributed by atoms with Crippen LogP contribution < -0.4 is 10.6 Å². The van der Waals surface area contributed by atoms with Crippen molar-refractivity contribution in [3.63, 3.8) is 0 Å². The second kappa shape index (κ2) is 4.85. The third-order valence-electron chi connectivity index (χ3n) is 2.58. The van der Waals surface area contributed by atoms with Gasteiger partial charge in [-0.25, -0.2) is 4.98 Å². The Labute approximate surface area is 104 Å². The lowest BCUT2D eigenvalue weighted by Gasteiger charge is -2.29. The summed E-state index contributed by atoms with van der Waals surface area (Å²) in [7, 11) is 0. The molecule has 0 bridgehead atoms. The van der Waals surface area contributed by atoms with Crippen LogP contribution in [0.5, 0.6) is 0 Å². The predicted molar refractivity (Wildman–Crippen MR) is 67.0 cm³/mol. The van der Waals surface area contributed by atoms with Gasteiger partial charge in [0.2, 0.25) is 5.28 Å². The Balaban J connectivity index is 2.46. The Morgan fingerprint density at radius 1 is 1.41 bits per heavy atom. The molecule has 0 spiro atoms. The van der Waals surface area contributed by atoms with Crippen molar-refractivity contribution in [2.75, 3.05) is 36.9 Å². The number of nitrogens with two attached hydrogens (primary N) is 1. The number of hydrogen-bond donors (Lipinski definition) is 2. The zero-order chi connectivity index (χ0) is 12.4. The van der Waals surface area contributed by atoms with Crippen LogP contribution in [0.25, 0.3) is 0 Å². The molecule has 92 valence electrons. The highest BCUT2D eigenvalue weighted by molar-refractivity contribution is 6.28. The smallest absolute Gasteiger partial charge is 0.226 e. The van der Waals surface area contributed by atoms with Crippen molar-refractivity contribution < 1.29 is 4.74 Å². The van der Waals surface area contributed by atoms with Crippen LogP contribution in [0.3, 0.4) is 0 Å². The molecule has 1 aliphatic heterocycles. The fourth-order valence-corrected chi connectivity index (χ4v) is 1.97. The lowest BCUT2D eigenvalue weighted by Crippen LogP contribution is -2.38. The van der Waals surface area contributed by atoms with Gasteiger partial charge in [0.15, 0.2) is 0 Å². The first-order valence-electron chi connectivity index (χ1n) is 5.31. The fourth-order valence-electron chi connectivity index (χ4n) is 1.80. The third kappa shape index (κ3) is 2.48. The SMILES string of the molecule is CC(=N)c1c(N)nc(Cl)nc1N1CCOCC1. The van der Waals surface area contributed by atoms with Crippen molar-refractivity contribution in [2.24, 2.45) is 0 Å². The third-order valence-corrected chi connectivity index (χ3v) is 2.75. The Kier molecular flexibility index (Phi) is 3.44. The molecule has 0 radical (unpaired) electrons. The standard InChI is InChI=1S/C10H14ClN5O/c1-6(12)7-8(13)14-10(11)15-9(7)16-2-4-17-5-3-16/h12H,2-5H2,1H3,(H2,13,14,15). The lowest BCUT2D eigenvalue weighted by molar-refractivity contribution is 0.122. The number of nitrogen functional groups attached to an aromatic ring is 1. The molecule has 7 heteroatoms. The van der Waals surface area contributed by atoms with E-state index < -0.39 is 0 Å². The van der Waals surface area contributed by atoms with Crippen LogP contribution in [0.4, 0.5) is 11.6 Å². The number of ether oxygens (including phenoxy) is 1. The van der Waals surface area contributed by atoms with E-state index in [0.29, 0.717) is 43.4 Å². The molecule has 1 aromatic rings. The summed E-state index contributed by atoms with van der Waals surface area (Å²) in [6.07, 6.45) is 0. The molecule has 0 aromatic carbocycles. The Hall–Kier alpha value is -1.40. The first-order chi connectivity index (χ1) is 8.09. The topological polar surface area (TPSA) is 88.1 Å². The molecule has 3 N–H and O–H groups in total. The van der Waals surface area contributed by atoms with Gasteiger partial charge in [-0.3, -0.25) is 0 Å². The van der Waals surface area contributed by atoms with Gasteiger partial charge in [0.25, 0.3) is 0 Å².